The Hall–Kier alpha value is -2.91. The van der Waals surface area contributed by atoms with Crippen LogP contribution >= 0.6 is 11.6 Å². The summed E-state index contributed by atoms with van der Waals surface area (Å²) >= 11 is 6.01. The fraction of sp³-hybridized carbons (Fsp3) is 0.556. The van der Waals surface area contributed by atoms with Gasteiger partial charge in [-0.2, -0.15) is 0 Å². The van der Waals surface area contributed by atoms with Crippen LogP contribution in [-0.2, 0) is 14.3 Å². The zero-order chi connectivity index (χ0) is 26.7. The van der Waals surface area contributed by atoms with E-state index in [2.05, 4.69) is 5.16 Å². The van der Waals surface area contributed by atoms with Gasteiger partial charge in [0, 0.05) is 30.2 Å². The molecular weight excluding hydrogens is 496 g/mol. The molecule has 2 N–H and O–H groups in total. The summed E-state index contributed by atoms with van der Waals surface area (Å²) in [7, 11) is 0. The highest BCUT2D eigenvalue weighted by molar-refractivity contribution is 6.30. The maximum absolute atomic E-state index is 13.7. The molecule has 37 heavy (non-hydrogen) atoms. The Morgan fingerprint density at radius 2 is 1.73 bits per heavy atom. The predicted molar refractivity (Wildman–Crippen MR) is 138 cm³/mol. The monoisotopic (exact) mass is 530 g/mol. The Kier molecular flexibility index (Phi) is 8.23. The molecule has 1 aromatic carbocycles. The SMILES string of the molecule is CC(C)(C)OC(=O)C(C(=O)N1CC(N(C(=O)c2ccno2)C2CCCCC2)C1)C(N)c1ccc(Cl)cc1. The Labute approximate surface area is 222 Å². The van der Waals surface area contributed by atoms with Gasteiger partial charge in [-0.15, -0.1) is 0 Å². The van der Waals surface area contributed by atoms with Crippen molar-refractivity contribution in [2.45, 2.75) is 76.6 Å². The molecule has 2 unspecified atom stereocenters. The Bertz CT molecular complexity index is 1090. The Morgan fingerprint density at radius 1 is 1.08 bits per heavy atom. The highest BCUT2D eigenvalue weighted by Crippen LogP contribution is 2.32. The van der Waals surface area contributed by atoms with Gasteiger partial charge in [0.2, 0.25) is 11.7 Å². The number of benzene rings is 1. The first-order valence-electron chi connectivity index (χ1n) is 12.8. The van der Waals surface area contributed by atoms with Crippen molar-refractivity contribution < 1.29 is 23.6 Å². The van der Waals surface area contributed by atoms with Gasteiger partial charge in [0.25, 0.3) is 5.91 Å². The third-order valence-electron chi connectivity index (χ3n) is 6.96. The molecule has 2 atom stereocenters. The molecule has 0 radical (unpaired) electrons. The number of amides is 2. The van der Waals surface area contributed by atoms with Crippen LogP contribution in [0.4, 0.5) is 0 Å². The molecule has 200 valence electrons. The van der Waals surface area contributed by atoms with E-state index >= 15 is 0 Å². The molecule has 2 aromatic rings. The Balaban J connectivity index is 1.52. The number of ether oxygens (including phenoxy) is 1. The number of rotatable bonds is 7. The van der Waals surface area contributed by atoms with Crippen LogP contribution in [0.3, 0.4) is 0 Å². The zero-order valence-corrected chi connectivity index (χ0v) is 22.3. The smallest absolute Gasteiger partial charge is 0.320 e. The zero-order valence-electron chi connectivity index (χ0n) is 21.6. The van der Waals surface area contributed by atoms with Crippen molar-refractivity contribution >= 4 is 29.4 Å². The van der Waals surface area contributed by atoms with Crippen molar-refractivity contribution in [3.63, 3.8) is 0 Å². The normalized spacial score (nSPS) is 18.6. The van der Waals surface area contributed by atoms with E-state index in [1.165, 1.54) is 6.20 Å². The number of aromatic nitrogens is 1. The third kappa shape index (κ3) is 6.33. The minimum Gasteiger partial charge on any atom is -0.459 e. The van der Waals surface area contributed by atoms with Gasteiger partial charge in [-0.1, -0.05) is 48.2 Å². The van der Waals surface area contributed by atoms with E-state index in [0.29, 0.717) is 23.7 Å². The van der Waals surface area contributed by atoms with Crippen LogP contribution in [-0.4, -0.2) is 63.5 Å². The molecule has 0 bridgehead atoms. The van der Waals surface area contributed by atoms with E-state index in [-0.39, 0.29) is 23.8 Å². The molecule has 1 aliphatic carbocycles. The minimum atomic E-state index is -1.23. The highest BCUT2D eigenvalue weighted by atomic mass is 35.5. The highest BCUT2D eigenvalue weighted by Gasteiger charge is 2.46. The van der Waals surface area contributed by atoms with E-state index in [9.17, 15) is 14.4 Å². The molecule has 2 fully saturated rings. The summed E-state index contributed by atoms with van der Waals surface area (Å²) in [5.74, 6) is -2.35. The van der Waals surface area contributed by atoms with Gasteiger partial charge in [-0.05, 0) is 51.3 Å². The van der Waals surface area contributed by atoms with Crippen molar-refractivity contribution in [2.24, 2.45) is 11.7 Å². The lowest BCUT2D eigenvalue weighted by Crippen LogP contribution is -2.66. The van der Waals surface area contributed by atoms with Crippen LogP contribution in [0, 0.1) is 5.92 Å². The van der Waals surface area contributed by atoms with Gasteiger partial charge in [-0.25, -0.2) is 0 Å². The van der Waals surface area contributed by atoms with Crippen molar-refractivity contribution in [3.8, 4) is 0 Å². The van der Waals surface area contributed by atoms with Gasteiger partial charge in [0.15, 0.2) is 5.92 Å². The summed E-state index contributed by atoms with van der Waals surface area (Å²) < 4.78 is 10.7. The standard InChI is InChI=1S/C27H35ClN4O5/c1-27(2,3)36-26(35)22(23(29)17-9-11-18(28)12-10-17)25(34)31-15-20(16-31)32(19-7-5-4-6-8-19)24(33)21-13-14-30-37-21/h9-14,19-20,22-23H,4-8,15-16,29H2,1-3H3. The van der Waals surface area contributed by atoms with Gasteiger partial charge in [0.05, 0.1) is 18.3 Å². The summed E-state index contributed by atoms with van der Waals surface area (Å²) in [4.78, 5) is 43.6. The second kappa shape index (κ2) is 11.2. The number of nitrogens with zero attached hydrogens (tertiary/aromatic N) is 3. The molecule has 2 heterocycles. The molecule has 9 nitrogen and oxygen atoms in total. The quantitative estimate of drug-likeness (QED) is 0.425. The average molecular weight is 531 g/mol. The van der Waals surface area contributed by atoms with E-state index in [4.69, 9.17) is 26.6 Å². The first kappa shape index (κ1) is 27.1. The lowest BCUT2D eigenvalue weighted by Gasteiger charge is -2.49. The number of carbonyl (C=O) groups excluding carboxylic acids is 3. The Morgan fingerprint density at radius 3 is 2.30 bits per heavy atom. The van der Waals surface area contributed by atoms with Crippen molar-refractivity contribution in [3.05, 3.63) is 52.9 Å². The fourth-order valence-electron chi connectivity index (χ4n) is 5.09. The third-order valence-corrected chi connectivity index (χ3v) is 7.21. The second-order valence-corrected chi connectivity index (χ2v) is 11.3. The minimum absolute atomic E-state index is 0.0755. The summed E-state index contributed by atoms with van der Waals surface area (Å²) in [6.45, 7) is 5.86. The molecule has 2 aliphatic rings. The van der Waals surface area contributed by atoms with Gasteiger partial charge >= 0.3 is 5.97 Å². The lowest BCUT2D eigenvalue weighted by molar-refractivity contribution is -0.168. The predicted octanol–water partition coefficient (Wildman–Crippen LogP) is 3.97. The molecule has 1 saturated heterocycles. The van der Waals surface area contributed by atoms with Crippen molar-refractivity contribution in [1.82, 2.24) is 15.0 Å². The average Bonchev–Trinajstić information content (AvgIpc) is 3.35. The first-order chi connectivity index (χ1) is 17.5. The molecule has 1 aromatic heterocycles. The largest absolute Gasteiger partial charge is 0.459 e. The maximum atomic E-state index is 13.7. The van der Waals surface area contributed by atoms with E-state index in [0.717, 1.165) is 32.1 Å². The van der Waals surface area contributed by atoms with Gasteiger partial charge in [-0.3, -0.25) is 14.4 Å². The molecule has 2 amide bonds. The van der Waals surface area contributed by atoms with E-state index in [1.54, 1.807) is 56.0 Å². The molecule has 0 spiro atoms. The summed E-state index contributed by atoms with van der Waals surface area (Å²) in [5, 5.41) is 4.21. The molecule has 1 aliphatic heterocycles. The first-order valence-corrected chi connectivity index (χ1v) is 13.2. The van der Waals surface area contributed by atoms with Crippen LogP contribution in [0.15, 0.2) is 41.1 Å². The van der Waals surface area contributed by atoms with Crippen LogP contribution < -0.4 is 5.73 Å². The van der Waals surface area contributed by atoms with Crippen LogP contribution in [0.2, 0.25) is 5.02 Å². The topological polar surface area (TPSA) is 119 Å². The number of hydrogen-bond acceptors (Lipinski definition) is 7. The number of halogens is 1. The molecule has 1 saturated carbocycles. The lowest BCUT2D eigenvalue weighted by atomic mass is 9.89. The van der Waals surface area contributed by atoms with Gasteiger partial charge < -0.3 is 24.8 Å². The summed E-state index contributed by atoms with van der Waals surface area (Å²) in [6, 6.07) is 7.29. The summed E-state index contributed by atoms with van der Waals surface area (Å²) in [5.41, 5.74) is 6.30. The number of esters is 1. The van der Waals surface area contributed by atoms with E-state index < -0.39 is 29.4 Å². The second-order valence-electron chi connectivity index (χ2n) is 10.9. The van der Waals surface area contributed by atoms with E-state index in [1.807, 2.05) is 4.90 Å². The molecule has 10 heteroatoms. The van der Waals surface area contributed by atoms with Crippen LogP contribution in [0.1, 0.15) is 75.0 Å². The van der Waals surface area contributed by atoms with Crippen molar-refractivity contribution in [1.29, 1.82) is 0 Å². The maximum Gasteiger partial charge on any atom is 0.320 e. The van der Waals surface area contributed by atoms with Gasteiger partial charge in [0.1, 0.15) is 5.60 Å². The number of likely N-dealkylation sites (tertiary alicyclic amines) is 1. The van der Waals surface area contributed by atoms with Crippen molar-refractivity contribution in [2.75, 3.05) is 13.1 Å². The number of carbonyl (C=O) groups is 3. The molecular formula is C27H35ClN4O5. The molecule has 4 rings (SSSR count). The fourth-order valence-corrected chi connectivity index (χ4v) is 5.22. The summed E-state index contributed by atoms with van der Waals surface area (Å²) in [6.07, 6.45) is 6.52. The van der Waals surface area contributed by atoms with Crippen LogP contribution in [0.25, 0.3) is 0 Å². The number of hydrogen-bond donors (Lipinski definition) is 1. The number of nitrogens with two attached hydrogens (primary N) is 1. The van der Waals surface area contributed by atoms with Crippen LogP contribution in [0.5, 0.6) is 0 Å².